The van der Waals surface area contributed by atoms with Crippen LogP contribution in [0.3, 0.4) is 0 Å². The Hall–Kier alpha value is -2.18. The summed E-state index contributed by atoms with van der Waals surface area (Å²) in [4.78, 5) is 33.2. The molecule has 0 amide bonds. The minimum atomic E-state index is -0.470. The van der Waals surface area contributed by atoms with E-state index in [0.717, 1.165) is 0 Å². The second kappa shape index (κ2) is 8.89. The van der Waals surface area contributed by atoms with Crippen LogP contribution >= 0.6 is 0 Å². The first-order valence-corrected chi connectivity index (χ1v) is 7.01. The van der Waals surface area contributed by atoms with Gasteiger partial charge in [0.15, 0.2) is 0 Å². The number of hydrogen-bond acceptors (Lipinski definition) is 7. The van der Waals surface area contributed by atoms with Crippen LogP contribution in [0.1, 0.15) is 37.6 Å². The van der Waals surface area contributed by atoms with Crippen molar-refractivity contribution < 1.29 is 19.1 Å². The zero-order valence-corrected chi connectivity index (χ0v) is 12.7. The predicted molar refractivity (Wildman–Crippen MR) is 77.1 cm³/mol. The summed E-state index contributed by atoms with van der Waals surface area (Å²) in [5.41, 5.74) is 0.296. The zero-order valence-electron chi connectivity index (χ0n) is 12.7. The number of carbonyl (C=O) groups is 2. The van der Waals surface area contributed by atoms with Gasteiger partial charge < -0.3 is 14.4 Å². The summed E-state index contributed by atoms with van der Waals surface area (Å²) in [6.45, 7) is 7.07. The van der Waals surface area contributed by atoms with E-state index >= 15 is 0 Å². The molecule has 0 radical (unpaired) electrons. The van der Waals surface area contributed by atoms with Gasteiger partial charge >= 0.3 is 11.9 Å². The van der Waals surface area contributed by atoms with E-state index in [4.69, 9.17) is 9.47 Å². The van der Waals surface area contributed by atoms with E-state index in [1.807, 2.05) is 11.8 Å². The Balaban J connectivity index is 2.85. The Morgan fingerprint density at radius 1 is 1.19 bits per heavy atom. The summed E-state index contributed by atoms with van der Waals surface area (Å²) in [5.74, 6) is -0.277. The fourth-order valence-corrected chi connectivity index (χ4v) is 1.80. The lowest BCUT2D eigenvalue weighted by atomic mass is 10.2. The molecule has 0 atom stereocenters. The first-order valence-electron chi connectivity index (χ1n) is 7.01. The van der Waals surface area contributed by atoms with Gasteiger partial charge in [0.2, 0.25) is 0 Å². The van der Waals surface area contributed by atoms with Crippen LogP contribution < -0.4 is 4.90 Å². The molecular weight excluding hydrogens is 274 g/mol. The van der Waals surface area contributed by atoms with Gasteiger partial charge in [0, 0.05) is 19.3 Å². The Morgan fingerprint density at radius 3 is 2.52 bits per heavy atom. The van der Waals surface area contributed by atoms with Crippen molar-refractivity contribution in [3.63, 3.8) is 0 Å². The second-order valence-electron chi connectivity index (χ2n) is 4.12. The van der Waals surface area contributed by atoms with E-state index in [9.17, 15) is 9.59 Å². The first-order chi connectivity index (χ1) is 10.1. The maximum absolute atomic E-state index is 11.9. The smallest absolute Gasteiger partial charge is 0.343 e. The minimum Gasteiger partial charge on any atom is -0.466 e. The van der Waals surface area contributed by atoms with E-state index in [1.165, 1.54) is 12.5 Å². The Bertz CT molecular complexity index is 479. The van der Waals surface area contributed by atoms with Gasteiger partial charge in [-0.05, 0) is 20.8 Å². The molecule has 0 spiro atoms. The molecule has 1 heterocycles. The highest BCUT2D eigenvalue weighted by molar-refractivity contribution is 5.94. The molecule has 0 aliphatic carbocycles. The second-order valence-corrected chi connectivity index (χ2v) is 4.12. The molecule has 0 aromatic carbocycles. The number of rotatable bonds is 8. The first kappa shape index (κ1) is 16.9. The van der Waals surface area contributed by atoms with Crippen LogP contribution in [0.25, 0.3) is 0 Å². The summed E-state index contributed by atoms with van der Waals surface area (Å²) in [7, 11) is 0. The number of carbonyl (C=O) groups excluding carboxylic acids is 2. The van der Waals surface area contributed by atoms with Crippen LogP contribution in [0.4, 0.5) is 5.82 Å². The molecule has 0 saturated carbocycles. The van der Waals surface area contributed by atoms with Crippen molar-refractivity contribution in [2.24, 2.45) is 0 Å². The normalized spacial score (nSPS) is 10.0. The zero-order chi connectivity index (χ0) is 15.7. The molecule has 1 aromatic heterocycles. The summed E-state index contributed by atoms with van der Waals surface area (Å²) < 4.78 is 9.89. The molecule has 0 fully saturated rings. The molecule has 1 rings (SSSR count). The average Bonchev–Trinajstić information content (AvgIpc) is 2.49. The molecule has 0 N–H and O–H groups in total. The maximum Gasteiger partial charge on any atom is 0.343 e. The fourth-order valence-electron chi connectivity index (χ4n) is 1.80. The van der Waals surface area contributed by atoms with Crippen molar-refractivity contribution >= 4 is 17.8 Å². The summed E-state index contributed by atoms with van der Waals surface area (Å²) in [5, 5.41) is 0. The molecular formula is C14H21N3O4. The van der Waals surface area contributed by atoms with Crippen LogP contribution in [0.15, 0.2) is 12.5 Å². The maximum atomic E-state index is 11.9. The lowest BCUT2D eigenvalue weighted by molar-refractivity contribution is -0.142. The van der Waals surface area contributed by atoms with E-state index < -0.39 is 5.97 Å². The molecule has 0 bridgehead atoms. The van der Waals surface area contributed by atoms with Crippen LogP contribution in [-0.4, -0.2) is 48.2 Å². The number of ether oxygens (including phenoxy) is 2. The number of aromatic nitrogens is 2. The van der Waals surface area contributed by atoms with Crippen molar-refractivity contribution in [2.75, 3.05) is 31.2 Å². The summed E-state index contributed by atoms with van der Waals surface area (Å²) >= 11 is 0. The molecule has 0 unspecified atom stereocenters. The van der Waals surface area contributed by atoms with E-state index in [0.29, 0.717) is 31.1 Å². The molecule has 0 aliphatic rings. The highest BCUT2D eigenvalue weighted by Crippen LogP contribution is 2.17. The predicted octanol–water partition coefficient (Wildman–Crippen LogP) is 1.43. The molecule has 7 nitrogen and oxygen atoms in total. The van der Waals surface area contributed by atoms with Gasteiger partial charge in [-0.25, -0.2) is 14.8 Å². The lowest BCUT2D eigenvalue weighted by Crippen LogP contribution is -2.29. The van der Waals surface area contributed by atoms with Gasteiger partial charge in [-0.3, -0.25) is 4.79 Å². The molecule has 116 valence electrons. The van der Waals surface area contributed by atoms with Crippen LogP contribution in [0.2, 0.25) is 0 Å². The van der Waals surface area contributed by atoms with E-state index in [2.05, 4.69) is 9.97 Å². The highest BCUT2D eigenvalue weighted by Gasteiger charge is 2.19. The third-order valence-corrected chi connectivity index (χ3v) is 2.76. The monoisotopic (exact) mass is 295 g/mol. The van der Waals surface area contributed by atoms with Gasteiger partial charge in [0.1, 0.15) is 17.7 Å². The SMILES string of the molecule is CCOC(=O)CCN(CC)c1ncncc1C(=O)OCC. The molecule has 21 heavy (non-hydrogen) atoms. The van der Waals surface area contributed by atoms with E-state index in [1.54, 1.807) is 13.8 Å². The van der Waals surface area contributed by atoms with Gasteiger partial charge in [-0.15, -0.1) is 0 Å². The Labute approximate surface area is 124 Å². The van der Waals surface area contributed by atoms with Crippen LogP contribution in [-0.2, 0) is 14.3 Å². The third-order valence-electron chi connectivity index (χ3n) is 2.76. The van der Waals surface area contributed by atoms with Crippen molar-refractivity contribution in [1.29, 1.82) is 0 Å². The average molecular weight is 295 g/mol. The summed E-state index contributed by atoms with van der Waals surface area (Å²) in [6.07, 6.45) is 3.02. The fraction of sp³-hybridized carbons (Fsp3) is 0.571. The lowest BCUT2D eigenvalue weighted by Gasteiger charge is -2.23. The van der Waals surface area contributed by atoms with Crippen molar-refractivity contribution in [3.8, 4) is 0 Å². The van der Waals surface area contributed by atoms with E-state index in [-0.39, 0.29) is 19.0 Å². The molecule has 0 saturated heterocycles. The van der Waals surface area contributed by atoms with Crippen molar-refractivity contribution in [2.45, 2.75) is 27.2 Å². The Kier molecular flexibility index (Phi) is 7.14. The Morgan fingerprint density at radius 2 is 1.90 bits per heavy atom. The highest BCUT2D eigenvalue weighted by atomic mass is 16.5. The number of esters is 2. The largest absolute Gasteiger partial charge is 0.466 e. The number of anilines is 1. The van der Waals surface area contributed by atoms with Crippen molar-refractivity contribution in [3.05, 3.63) is 18.1 Å². The summed E-state index contributed by atoms with van der Waals surface area (Å²) in [6, 6.07) is 0. The van der Waals surface area contributed by atoms with Crippen molar-refractivity contribution in [1.82, 2.24) is 9.97 Å². The van der Waals surface area contributed by atoms with Crippen LogP contribution in [0.5, 0.6) is 0 Å². The van der Waals surface area contributed by atoms with Gasteiger partial charge in [0.05, 0.1) is 19.6 Å². The molecule has 1 aromatic rings. The van der Waals surface area contributed by atoms with Crippen LogP contribution in [0, 0.1) is 0 Å². The minimum absolute atomic E-state index is 0.230. The van der Waals surface area contributed by atoms with Gasteiger partial charge in [0.25, 0.3) is 0 Å². The quantitative estimate of drug-likeness (QED) is 0.671. The topological polar surface area (TPSA) is 81.6 Å². The molecule has 7 heteroatoms. The molecule has 0 aliphatic heterocycles. The van der Waals surface area contributed by atoms with Gasteiger partial charge in [-0.1, -0.05) is 0 Å². The number of hydrogen-bond donors (Lipinski definition) is 0. The number of nitrogens with zero attached hydrogens (tertiary/aromatic N) is 3. The van der Waals surface area contributed by atoms with Gasteiger partial charge in [-0.2, -0.15) is 0 Å². The standard InChI is InChI=1S/C14H21N3O4/c1-4-17(8-7-12(18)20-5-2)13-11(9-15-10-16-13)14(19)21-6-3/h9-10H,4-8H2,1-3H3. The third kappa shape index (κ3) is 5.02.